The molecule has 2 aromatic carbocycles. The predicted molar refractivity (Wildman–Crippen MR) is 119 cm³/mol. The first kappa shape index (κ1) is 21.4. The number of hydrogen-bond donors (Lipinski definition) is 2. The second-order valence-corrected chi connectivity index (χ2v) is 8.02. The highest BCUT2D eigenvalue weighted by Crippen LogP contribution is 2.37. The van der Waals surface area contributed by atoms with Crippen molar-refractivity contribution in [2.75, 3.05) is 12.4 Å². The van der Waals surface area contributed by atoms with Crippen molar-refractivity contribution >= 4 is 29.3 Å². The fourth-order valence-electron chi connectivity index (χ4n) is 3.49. The number of nitro groups is 1. The van der Waals surface area contributed by atoms with Crippen LogP contribution in [0.15, 0.2) is 65.0 Å². The molecule has 0 aliphatic carbocycles. The average Bonchev–Trinajstić information content (AvgIpc) is 3.19. The highest BCUT2D eigenvalue weighted by Gasteiger charge is 2.33. The van der Waals surface area contributed by atoms with Crippen molar-refractivity contribution < 1.29 is 14.5 Å². The Bertz CT molecular complexity index is 1220. The fourth-order valence-corrected chi connectivity index (χ4v) is 4.28. The third-order valence-electron chi connectivity index (χ3n) is 5.02. The number of primary amides is 1. The molecule has 32 heavy (non-hydrogen) atoms. The van der Waals surface area contributed by atoms with Gasteiger partial charge < -0.3 is 15.8 Å². The van der Waals surface area contributed by atoms with Crippen LogP contribution in [0.1, 0.15) is 24.1 Å². The number of nitro benzene ring substituents is 1. The Hall–Kier alpha value is -3.86. The second-order valence-electron chi connectivity index (χ2n) is 7.08. The number of ether oxygens (including phenoxy) is 1. The Balaban J connectivity index is 1.64. The number of aromatic nitrogens is 3. The van der Waals surface area contributed by atoms with Crippen LogP contribution in [-0.4, -0.2) is 32.7 Å². The van der Waals surface area contributed by atoms with Crippen LogP contribution < -0.4 is 15.8 Å². The number of anilines is 1. The topological polar surface area (TPSA) is 138 Å². The van der Waals surface area contributed by atoms with Gasteiger partial charge >= 0.3 is 0 Å². The number of allylic oxidation sites excluding steroid dienone is 1. The first-order valence-electron chi connectivity index (χ1n) is 9.61. The van der Waals surface area contributed by atoms with Gasteiger partial charge in [0.15, 0.2) is 0 Å². The highest BCUT2D eigenvalue weighted by molar-refractivity contribution is 7.98. The smallest absolute Gasteiger partial charge is 0.269 e. The lowest BCUT2D eigenvalue weighted by Gasteiger charge is -2.27. The van der Waals surface area contributed by atoms with Crippen molar-refractivity contribution in [1.82, 2.24) is 14.8 Å². The van der Waals surface area contributed by atoms with E-state index in [2.05, 4.69) is 15.4 Å². The molecule has 0 fully saturated rings. The van der Waals surface area contributed by atoms with E-state index in [1.54, 1.807) is 30.8 Å². The van der Waals surface area contributed by atoms with E-state index in [0.717, 1.165) is 11.1 Å². The molecule has 1 unspecified atom stereocenters. The SMILES string of the molecule is COc1cccc(C2C(C(N)=O)=C(C)Nc3nc(SCc4ccc([N+](=O)[O-])cc4)nn32)c1. The van der Waals surface area contributed by atoms with Gasteiger partial charge in [0.2, 0.25) is 17.0 Å². The summed E-state index contributed by atoms with van der Waals surface area (Å²) in [6.07, 6.45) is 0. The van der Waals surface area contributed by atoms with Gasteiger partial charge in [-0.3, -0.25) is 14.9 Å². The summed E-state index contributed by atoms with van der Waals surface area (Å²) < 4.78 is 6.97. The van der Waals surface area contributed by atoms with Gasteiger partial charge in [0, 0.05) is 23.6 Å². The zero-order valence-electron chi connectivity index (χ0n) is 17.3. The number of carbonyl (C=O) groups excluding carboxylic acids is 1. The predicted octanol–water partition coefficient (Wildman–Crippen LogP) is 3.26. The number of amides is 1. The van der Waals surface area contributed by atoms with E-state index in [-0.39, 0.29) is 5.69 Å². The van der Waals surface area contributed by atoms with Crippen LogP contribution in [0.3, 0.4) is 0 Å². The maximum Gasteiger partial charge on any atom is 0.269 e. The Labute approximate surface area is 187 Å². The van der Waals surface area contributed by atoms with Gasteiger partial charge in [-0.15, -0.1) is 5.10 Å². The first-order valence-corrected chi connectivity index (χ1v) is 10.6. The molecule has 4 rings (SSSR count). The summed E-state index contributed by atoms with van der Waals surface area (Å²) in [5.41, 5.74) is 8.44. The zero-order chi connectivity index (χ0) is 22.8. The van der Waals surface area contributed by atoms with Crippen molar-refractivity contribution in [2.24, 2.45) is 5.73 Å². The number of nitrogens with zero attached hydrogens (tertiary/aromatic N) is 4. The van der Waals surface area contributed by atoms with Crippen molar-refractivity contribution in [1.29, 1.82) is 0 Å². The summed E-state index contributed by atoms with van der Waals surface area (Å²) in [5, 5.41) is 19.0. The summed E-state index contributed by atoms with van der Waals surface area (Å²) >= 11 is 1.38. The number of carbonyl (C=O) groups is 1. The normalized spacial score (nSPS) is 15.1. The number of rotatable bonds is 7. The summed E-state index contributed by atoms with van der Waals surface area (Å²) in [6.45, 7) is 1.77. The molecule has 3 aromatic rings. The Morgan fingerprint density at radius 1 is 1.31 bits per heavy atom. The molecule has 164 valence electrons. The third-order valence-corrected chi connectivity index (χ3v) is 5.93. The van der Waals surface area contributed by atoms with Crippen molar-refractivity contribution in [3.63, 3.8) is 0 Å². The van der Waals surface area contributed by atoms with Gasteiger partial charge in [0.1, 0.15) is 11.8 Å². The Morgan fingerprint density at radius 2 is 2.06 bits per heavy atom. The van der Waals surface area contributed by atoms with Crippen LogP contribution in [0.5, 0.6) is 5.75 Å². The Morgan fingerprint density at radius 3 is 2.72 bits per heavy atom. The van der Waals surface area contributed by atoms with Gasteiger partial charge in [-0.2, -0.15) is 4.98 Å². The van der Waals surface area contributed by atoms with E-state index in [4.69, 9.17) is 10.5 Å². The van der Waals surface area contributed by atoms with Gasteiger partial charge in [-0.05, 0) is 30.2 Å². The fraction of sp³-hybridized carbons (Fsp3) is 0.190. The summed E-state index contributed by atoms with van der Waals surface area (Å²) in [6, 6.07) is 13.2. The number of nitrogens with two attached hydrogens (primary N) is 1. The number of methoxy groups -OCH3 is 1. The molecule has 0 spiro atoms. The average molecular weight is 452 g/mol. The number of fused-ring (bicyclic) bond motifs is 1. The van der Waals surface area contributed by atoms with Crippen LogP contribution >= 0.6 is 11.8 Å². The lowest BCUT2D eigenvalue weighted by molar-refractivity contribution is -0.384. The molecule has 0 saturated carbocycles. The molecule has 1 aliphatic rings. The molecule has 3 N–H and O–H groups in total. The van der Waals surface area contributed by atoms with E-state index in [9.17, 15) is 14.9 Å². The maximum atomic E-state index is 12.3. The molecule has 0 saturated heterocycles. The molecule has 10 nitrogen and oxygen atoms in total. The molecule has 1 aromatic heterocycles. The molecule has 11 heteroatoms. The van der Waals surface area contributed by atoms with E-state index in [0.29, 0.717) is 33.9 Å². The molecule has 1 aliphatic heterocycles. The van der Waals surface area contributed by atoms with E-state index in [1.807, 2.05) is 24.3 Å². The number of hydrogen-bond acceptors (Lipinski definition) is 8. The lowest BCUT2D eigenvalue weighted by Crippen LogP contribution is -2.31. The monoisotopic (exact) mass is 452 g/mol. The minimum absolute atomic E-state index is 0.0418. The number of non-ortho nitro benzene ring substituents is 1. The largest absolute Gasteiger partial charge is 0.497 e. The van der Waals surface area contributed by atoms with Crippen molar-refractivity contribution in [3.8, 4) is 5.75 Å². The van der Waals surface area contributed by atoms with Gasteiger partial charge in [0.25, 0.3) is 5.69 Å². The summed E-state index contributed by atoms with van der Waals surface area (Å²) in [7, 11) is 1.57. The molecule has 0 bridgehead atoms. The lowest BCUT2D eigenvalue weighted by atomic mass is 9.95. The molecular formula is C21H20N6O4S. The molecule has 1 atom stereocenters. The number of nitrogens with one attached hydrogen (secondary N) is 1. The quantitative estimate of drug-likeness (QED) is 0.316. The minimum Gasteiger partial charge on any atom is -0.497 e. The number of thioether (sulfide) groups is 1. The number of benzene rings is 2. The van der Waals surface area contributed by atoms with Gasteiger partial charge in [0.05, 0.1) is 17.6 Å². The van der Waals surface area contributed by atoms with E-state index in [1.165, 1.54) is 23.9 Å². The minimum atomic E-state index is -0.555. The van der Waals surface area contributed by atoms with Crippen molar-refractivity contribution in [2.45, 2.75) is 23.9 Å². The van der Waals surface area contributed by atoms with Gasteiger partial charge in [-0.25, -0.2) is 4.68 Å². The molecule has 2 heterocycles. The van der Waals surface area contributed by atoms with E-state index < -0.39 is 16.9 Å². The molecular weight excluding hydrogens is 432 g/mol. The van der Waals surface area contributed by atoms with E-state index >= 15 is 0 Å². The van der Waals surface area contributed by atoms with Crippen LogP contribution in [0.4, 0.5) is 11.6 Å². The Kier molecular flexibility index (Phi) is 5.82. The van der Waals surface area contributed by atoms with Crippen molar-refractivity contribution in [3.05, 3.63) is 81.0 Å². The zero-order valence-corrected chi connectivity index (χ0v) is 18.1. The van der Waals surface area contributed by atoms with Crippen LogP contribution in [0, 0.1) is 10.1 Å². The maximum absolute atomic E-state index is 12.3. The highest BCUT2D eigenvalue weighted by atomic mass is 32.2. The third kappa shape index (κ3) is 4.14. The van der Waals surface area contributed by atoms with Crippen LogP contribution in [0.25, 0.3) is 0 Å². The first-order chi connectivity index (χ1) is 15.4. The summed E-state index contributed by atoms with van der Waals surface area (Å²) in [4.78, 5) is 27.2. The van der Waals surface area contributed by atoms with Crippen LogP contribution in [0.2, 0.25) is 0 Å². The molecule has 0 radical (unpaired) electrons. The van der Waals surface area contributed by atoms with Crippen LogP contribution in [-0.2, 0) is 10.5 Å². The standard InChI is InChI=1S/C21H20N6O4S/c1-12-17(19(22)28)18(14-4-3-5-16(10-14)31-2)26-20(23-12)24-21(25-26)32-11-13-6-8-15(9-7-13)27(29)30/h3-10,18H,11H2,1-2H3,(H2,22,28)(H,23,24,25). The van der Waals surface area contributed by atoms with Gasteiger partial charge in [-0.1, -0.05) is 36.0 Å². The molecule has 1 amide bonds. The summed E-state index contributed by atoms with van der Waals surface area (Å²) in [5.74, 6) is 1.12. The second kappa shape index (κ2) is 8.71.